The maximum atomic E-state index is 13.8. The summed E-state index contributed by atoms with van der Waals surface area (Å²) in [5.41, 5.74) is 3.61. The molecule has 2 heterocycles. The van der Waals surface area contributed by atoms with Crippen molar-refractivity contribution in [1.82, 2.24) is 9.88 Å². The van der Waals surface area contributed by atoms with Gasteiger partial charge in [0.2, 0.25) is 0 Å². The fraction of sp³-hybridized carbons (Fsp3) is 0.455. The molecule has 0 bridgehead atoms. The second-order valence-electron chi connectivity index (χ2n) is 7.67. The minimum atomic E-state index is -0.283. The Morgan fingerprint density at radius 3 is 2.85 bits per heavy atom. The van der Waals surface area contributed by atoms with Crippen molar-refractivity contribution in [3.05, 3.63) is 58.2 Å². The van der Waals surface area contributed by atoms with Crippen molar-refractivity contribution >= 4 is 11.7 Å². The Morgan fingerprint density at radius 2 is 2.04 bits per heavy atom. The molecule has 2 aliphatic rings. The van der Waals surface area contributed by atoms with Crippen LogP contribution in [0.1, 0.15) is 82.2 Å². The number of nitrogens with zero attached hydrogens (tertiary/aromatic N) is 1. The standard InChI is InChI=1S/C22H25FN2O2/c1-14-20(21-17(24-14)9-6-11-19(21)26)22(27)25-12-4-2-3-10-18(25)15-7-5-8-16(23)13-15/h5,7-8,13,18,24H,2-4,6,9-12H2,1H3/t18-/m0/s1. The van der Waals surface area contributed by atoms with Crippen molar-refractivity contribution in [3.63, 3.8) is 0 Å². The fourth-order valence-corrected chi connectivity index (χ4v) is 4.56. The minimum Gasteiger partial charge on any atom is -0.361 e. The van der Waals surface area contributed by atoms with Gasteiger partial charge in [0.15, 0.2) is 5.78 Å². The predicted octanol–water partition coefficient (Wildman–Crippen LogP) is 4.74. The Hall–Kier alpha value is -2.43. The van der Waals surface area contributed by atoms with Gasteiger partial charge in [-0.25, -0.2) is 4.39 Å². The number of hydrogen-bond acceptors (Lipinski definition) is 2. The van der Waals surface area contributed by atoms with Gasteiger partial charge >= 0.3 is 0 Å². The van der Waals surface area contributed by atoms with Crippen LogP contribution in [0.15, 0.2) is 24.3 Å². The number of carbonyl (C=O) groups excluding carboxylic acids is 2. The van der Waals surface area contributed by atoms with Crippen LogP contribution >= 0.6 is 0 Å². The highest BCUT2D eigenvalue weighted by molar-refractivity contribution is 6.10. The number of aromatic amines is 1. The van der Waals surface area contributed by atoms with Crippen molar-refractivity contribution in [3.8, 4) is 0 Å². The van der Waals surface area contributed by atoms with Crippen LogP contribution in [0, 0.1) is 12.7 Å². The molecule has 0 unspecified atom stereocenters. The summed E-state index contributed by atoms with van der Waals surface area (Å²) in [5.74, 6) is -0.327. The molecule has 1 atom stereocenters. The number of aromatic nitrogens is 1. The van der Waals surface area contributed by atoms with E-state index in [1.807, 2.05) is 17.9 Å². The van der Waals surface area contributed by atoms with Gasteiger partial charge in [-0.05, 0) is 50.3 Å². The number of rotatable bonds is 2. The molecule has 0 radical (unpaired) electrons. The van der Waals surface area contributed by atoms with Crippen LogP contribution in [-0.2, 0) is 6.42 Å². The van der Waals surface area contributed by atoms with Crippen LogP contribution in [0.3, 0.4) is 0 Å². The summed E-state index contributed by atoms with van der Waals surface area (Å²) < 4.78 is 13.8. The number of carbonyl (C=O) groups is 2. The van der Waals surface area contributed by atoms with Gasteiger partial charge < -0.3 is 9.88 Å². The second-order valence-corrected chi connectivity index (χ2v) is 7.67. The number of halogens is 1. The Bertz CT molecular complexity index is 886. The highest BCUT2D eigenvalue weighted by Crippen LogP contribution is 2.34. The van der Waals surface area contributed by atoms with Gasteiger partial charge in [-0.1, -0.05) is 25.0 Å². The molecule has 0 saturated carbocycles. The molecular weight excluding hydrogens is 343 g/mol. The Labute approximate surface area is 158 Å². The first-order valence-electron chi connectivity index (χ1n) is 9.87. The molecule has 1 aromatic carbocycles. The number of ketones is 1. The van der Waals surface area contributed by atoms with Gasteiger partial charge in [0.25, 0.3) is 5.91 Å². The Morgan fingerprint density at radius 1 is 1.19 bits per heavy atom. The zero-order chi connectivity index (χ0) is 19.0. The van der Waals surface area contributed by atoms with Gasteiger partial charge in [0, 0.05) is 24.4 Å². The van der Waals surface area contributed by atoms with E-state index in [2.05, 4.69) is 4.98 Å². The van der Waals surface area contributed by atoms with Crippen molar-refractivity contribution in [2.45, 2.75) is 57.9 Å². The second kappa shape index (κ2) is 7.29. The van der Waals surface area contributed by atoms with E-state index in [1.165, 1.54) is 12.1 Å². The zero-order valence-corrected chi connectivity index (χ0v) is 15.7. The van der Waals surface area contributed by atoms with Crippen LogP contribution in [0.2, 0.25) is 0 Å². The first-order chi connectivity index (χ1) is 13.1. The number of amides is 1. The van der Waals surface area contributed by atoms with Crippen LogP contribution in [0.5, 0.6) is 0 Å². The number of nitrogens with one attached hydrogen (secondary N) is 1. The van der Waals surface area contributed by atoms with Crippen LogP contribution < -0.4 is 0 Å². The average Bonchev–Trinajstić information content (AvgIpc) is 2.83. The third kappa shape index (κ3) is 3.31. The van der Waals surface area contributed by atoms with E-state index < -0.39 is 0 Å². The average molecular weight is 368 g/mol. The van der Waals surface area contributed by atoms with Crippen molar-refractivity contribution < 1.29 is 14.0 Å². The van der Waals surface area contributed by atoms with E-state index in [4.69, 9.17) is 0 Å². The smallest absolute Gasteiger partial charge is 0.256 e. The molecule has 1 amide bonds. The van der Waals surface area contributed by atoms with Crippen molar-refractivity contribution in [2.75, 3.05) is 6.54 Å². The molecule has 1 aliphatic carbocycles. The molecule has 142 valence electrons. The first kappa shape index (κ1) is 18.0. The predicted molar refractivity (Wildman–Crippen MR) is 101 cm³/mol. The minimum absolute atomic E-state index is 0.0566. The molecule has 27 heavy (non-hydrogen) atoms. The largest absolute Gasteiger partial charge is 0.361 e. The van der Waals surface area contributed by atoms with E-state index in [0.717, 1.165) is 55.5 Å². The van der Waals surface area contributed by atoms with Crippen LogP contribution in [-0.4, -0.2) is 28.1 Å². The number of Topliss-reactive ketones (excluding diaryl/α,β-unsaturated/α-hetero) is 1. The molecule has 0 spiro atoms. The highest BCUT2D eigenvalue weighted by atomic mass is 19.1. The van der Waals surface area contributed by atoms with E-state index in [-0.39, 0.29) is 23.5 Å². The van der Waals surface area contributed by atoms with Gasteiger partial charge in [0.05, 0.1) is 17.2 Å². The summed E-state index contributed by atoms with van der Waals surface area (Å²) in [6.45, 7) is 2.50. The molecule has 5 heteroatoms. The van der Waals surface area contributed by atoms with Gasteiger partial charge in [-0.3, -0.25) is 9.59 Å². The van der Waals surface area contributed by atoms with E-state index in [1.54, 1.807) is 6.07 Å². The van der Waals surface area contributed by atoms with Crippen molar-refractivity contribution in [1.29, 1.82) is 0 Å². The lowest BCUT2D eigenvalue weighted by atomic mass is 9.92. The van der Waals surface area contributed by atoms with E-state index >= 15 is 0 Å². The summed E-state index contributed by atoms with van der Waals surface area (Å²) in [6, 6.07) is 6.40. The number of aryl methyl sites for hydroxylation is 2. The number of fused-ring (bicyclic) bond motifs is 1. The summed E-state index contributed by atoms with van der Waals surface area (Å²) in [4.78, 5) is 31.2. The fourth-order valence-electron chi connectivity index (χ4n) is 4.56. The number of hydrogen-bond donors (Lipinski definition) is 1. The molecule has 1 saturated heterocycles. The lowest BCUT2D eigenvalue weighted by molar-refractivity contribution is 0.0675. The summed E-state index contributed by atoms with van der Waals surface area (Å²) in [6.07, 6.45) is 5.94. The van der Waals surface area contributed by atoms with Crippen LogP contribution in [0.25, 0.3) is 0 Å². The monoisotopic (exact) mass is 368 g/mol. The normalized spacial score (nSPS) is 20.3. The molecule has 4 nitrogen and oxygen atoms in total. The topological polar surface area (TPSA) is 53.2 Å². The molecule has 1 fully saturated rings. The Balaban J connectivity index is 1.75. The SMILES string of the molecule is Cc1[nH]c2c(c1C(=O)N1CCCCC[C@H]1c1cccc(F)c1)C(=O)CCC2. The third-order valence-corrected chi connectivity index (χ3v) is 5.84. The summed E-state index contributed by atoms with van der Waals surface area (Å²) in [7, 11) is 0. The Kier molecular flexibility index (Phi) is 4.85. The van der Waals surface area contributed by atoms with Crippen LogP contribution in [0.4, 0.5) is 4.39 Å². The van der Waals surface area contributed by atoms with E-state index in [9.17, 15) is 14.0 Å². The number of H-pyrrole nitrogens is 1. The molecular formula is C22H25FN2O2. The van der Waals surface area contributed by atoms with Crippen molar-refractivity contribution in [2.24, 2.45) is 0 Å². The van der Waals surface area contributed by atoms with Gasteiger partial charge in [0.1, 0.15) is 5.82 Å². The summed E-state index contributed by atoms with van der Waals surface area (Å²) >= 11 is 0. The molecule has 1 aromatic heterocycles. The first-order valence-corrected chi connectivity index (χ1v) is 9.87. The maximum Gasteiger partial charge on any atom is 0.256 e. The van der Waals surface area contributed by atoms with E-state index in [0.29, 0.717) is 24.1 Å². The van der Waals surface area contributed by atoms with Gasteiger partial charge in [-0.2, -0.15) is 0 Å². The number of benzene rings is 1. The number of likely N-dealkylation sites (tertiary alicyclic amines) is 1. The molecule has 4 rings (SSSR count). The lowest BCUT2D eigenvalue weighted by Crippen LogP contribution is -2.36. The quantitative estimate of drug-likeness (QED) is 0.832. The van der Waals surface area contributed by atoms with Gasteiger partial charge in [-0.15, -0.1) is 0 Å². The summed E-state index contributed by atoms with van der Waals surface area (Å²) in [5, 5.41) is 0. The zero-order valence-electron chi connectivity index (χ0n) is 15.7. The molecule has 1 aliphatic heterocycles. The maximum absolute atomic E-state index is 13.8. The lowest BCUT2D eigenvalue weighted by Gasteiger charge is -2.31. The highest BCUT2D eigenvalue weighted by Gasteiger charge is 2.34. The third-order valence-electron chi connectivity index (χ3n) is 5.84. The molecule has 2 aromatic rings. The molecule has 1 N–H and O–H groups in total.